The maximum Gasteiger partial charge on any atom is 0.220 e. The summed E-state index contributed by atoms with van der Waals surface area (Å²) in [7, 11) is 0.489. The molecule has 3 atom stereocenters. The van der Waals surface area contributed by atoms with Crippen molar-refractivity contribution in [1.82, 2.24) is 5.32 Å². The zero-order valence-electron chi connectivity index (χ0n) is 8.51. The van der Waals surface area contributed by atoms with Gasteiger partial charge in [0.15, 0.2) is 0 Å². The lowest BCUT2D eigenvalue weighted by molar-refractivity contribution is -0.120. The molecular formula is C9H16FNO2S. The first-order valence-electron chi connectivity index (χ1n) is 4.70. The molecule has 0 aromatic heterocycles. The second-order valence-corrected chi connectivity index (χ2v) is 5.53. The van der Waals surface area contributed by atoms with Crippen LogP contribution in [0.15, 0.2) is 0 Å². The van der Waals surface area contributed by atoms with Gasteiger partial charge in [-0.15, -0.1) is 0 Å². The molecule has 0 aromatic carbocycles. The van der Waals surface area contributed by atoms with Crippen molar-refractivity contribution in [2.24, 2.45) is 5.92 Å². The highest BCUT2D eigenvalue weighted by atomic mass is 32.2. The van der Waals surface area contributed by atoms with Crippen LogP contribution in [0.5, 0.6) is 0 Å². The lowest BCUT2D eigenvalue weighted by Crippen LogP contribution is -2.21. The normalized spacial score (nSPS) is 32.4. The number of hydrogen-bond acceptors (Lipinski definition) is 2. The number of rotatable bonds is 5. The van der Waals surface area contributed by atoms with Gasteiger partial charge in [0.05, 0.1) is 0 Å². The molecule has 14 heavy (non-hydrogen) atoms. The van der Waals surface area contributed by atoms with Crippen LogP contribution in [-0.2, 0) is 15.6 Å². The Morgan fingerprint density at radius 3 is 2.71 bits per heavy atom. The van der Waals surface area contributed by atoms with E-state index < -0.39 is 16.5 Å². The molecule has 5 heteroatoms. The maximum atomic E-state index is 13.1. The van der Waals surface area contributed by atoms with Gasteiger partial charge in [0.25, 0.3) is 0 Å². The molecule has 1 fully saturated rings. The second-order valence-electron chi connectivity index (χ2n) is 3.91. The van der Waals surface area contributed by atoms with Crippen LogP contribution in [-0.4, -0.2) is 34.3 Å². The third-order valence-electron chi connectivity index (χ3n) is 2.56. The smallest absolute Gasteiger partial charge is 0.220 e. The number of alkyl halides is 1. The lowest BCUT2D eigenvalue weighted by atomic mass is 10.3. The monoisotopic (exact) mass is 221 g/mol. The quantitative estimate of drug-likeness (QED) is 0.739. The molecule has 0 heterocycles. The Morgan fingerprint density at radius 1 is 1.71 bits per heavy atom. The van der Waals surface area contributed by atoms with E-state index >= 15 is 0 Å². The van der Waals surface area contributed by atoms with Crippen LogP contribution < -0.4 is 5.32 Å². The Labute approximate surface area is 85.9 Å². The third kappa shape index (κ3) is 3.36. The van der Waals surface area contributed by atoms with E-state index in [4.69, 9.17) is 0 Å². The number of halogens is 1. The SMILES string of the molecule is CNC(=O)CCS(=O)CC1CC1(C)F. The molecule has 1 saturated carbocycles. The van der Waals surface area contributed by atoms with Gasteiger partial charge in [-0.1, -0.05) is 0 Å². The van der Waals surface area contributed by atoms with Crippen LogP contribution >= 0.6 is 0 Å². The van der Waals surface area contributed by atoms with Crippen molar-refractivity contribution in [3.05, 3.63) is 0 Å². The van der Waals surface area contributed by atoms with Crippen molar-refractivity contribution in [2.75, 3.05) is 18.6 Å². The Hall–Kier alpha value is -0.450. The van der Waals surface area contributed by atoms with Gasteiger partial charge in [0.2, 0.25) is 5.91 Å². The van der Waals surface area contributed by atoms with Gasteiger partial charge in [-0.3, -0.25) is 9.00 Å². The van der Waals surface area contributed by atoms with E-state index in [1.807, 2.05) is 0 Å². The van der Waals surface area contributed by atoms with Crippen molar-refractivity contribution in [3.63, 3.8) is 0 Å². The molecule has 1 aliphatic carbocycles. The molecule has 0 aromatic rings. The first kappa shape index (κ1) is 11.6. The predicted octanol–water partition coefficient (Wildman–Crippen LogP) is 0.619. The summed E-state index contributed by atoms with van der Waals surface area (Å²) < 4.78 is 24.4. The lowest BCUT2D eigenvalue weighted by Gasteiger charge is -2.01. The number of hydrogen-bond donors (Lipinski definition) is 1. The van der Waals surface area contributed by atoms with Crippen LogP contribution in [0.2, 0.25) is 0 Å². The predicted molar refractivity (Wildman–Crippen MR) is 54.2 cm³/mol. The Kier molecular flexibility index (Phi) is 3.64. The first-order valence-corrected chi connectivity index (χ1v) is 6.19. The van der Waals surface area contributed by atoms with Gasteiger partial charge in [0.1, 0.15) is 5.67 Å². The highest BCUT2D eigenvalue weighted by Crippen LogP contribution is 2.47. The number of nitrogens with one attached hydrogen (secondary N) is 1. The van der Waals surface area contributed by atoms with Gasteiger partial charge in [0, 0.05) is 41.7 Å². The molecule has 3 nitrogen and oxygen atoms in total. The fourth-order valence-electron chi connectivity index (χ4n) is 1.29. The molecule has 0 bridgehead atoms. The van der Waals surface area contributed by atoms with Gasteiger partial charge in [-0.25, -0.2) is 4.39 Å². The van der Waals surface area contributed by atoms with E-state index in [9.17, 15) is 13.4 Å². The second kappa shape index (κ2) is 4.38. The minimum atomic E-state index is -1.11. The fraction of sp³-hybridized carbons (Fsp3) is 0.889. The maximum absolute atomic E-state index is 13.1. The van der Waals surface area contributed by atoms with Crippen LogP contribution in [0.4, 0.5) is 4.39 Å². The van der Waals surface area contributed by atoms with Gasteiger partial charge >= 0.3 is 0 Å². The zero-order valence-corrected chi connectivity index (χ0v) is 9.32. The van der Waals surface area contributed by atoms with Crippen molar-refractivity contribution in [2.45, 2.75) is 25.4 Å². The summed E-state index contributed by atoms with van der Waals surface area (Å²) in [5.41, 5.74) is -1.11. The van der Waals surface area contributed by atoms with Crippen LogP contribution in [0.3, 0.4) is 0 Å². The molecule has 1 N–H and O–H groups in total. The average Bonchev–Trinajstić information content (AvgIpc) is 2.69. The van der Waals surface area contributed by atoms with E-state index in [0.29, 0.717) is 17.9 Å². The highest BCUT2D eigenvalue weighted by molar-refractivity contribution is 7.85. The van der Waals surface area contributed by atoms with Crippen molar-refractivity contribution in [1.29, 1.82) is 0 Å². The molecule has 0 radical (unpaired) electrons. The minimum absolute atomic E-state index is 0.0620. The summed E-state index contributed by atoms with van der Waals surface area (Å²) in [4.78, 5) is 10.8. The molecule has 0 saturated heterocycles. The molecular weight excluding hydrogens is 205 g/mol. The molecule has 0 spiro atoms. The molecule has 3 unspecified atom stereocenters. The Morgan fingerprint density at radius 2 is 2.29 bits per heavy atom. The van der Waals surface area contributed by atoms with Crippen LogP contribution in [0.1, 0.15) is 19.8 Å². The van der Waals surface area contributed by atoms with Gasteiger partial charge < -0.3 is 5.32 Å². The Bertz CT molecular complexity index is 255. The van der Waals surface area contributed by atoms with Crippen LogP contribution in [0.25, 0.3) is 0 Å². The van der Waals surface area contributed by atoms with Crippen molar-refractivity contribution >= 4 is 16.7 Å². The molecule has 1 amide bonds. The summed E-state index contributed by atoms with van der Waals surface area (Å²) >= 11 is 0. The van der Waals surface area contributed by atoms with Crippen molar-refractivity contribution in [3.8, 4) is 0 Å². The topological polar surface area (TPSA) is 46.2 Å². The van der Waals surface area contributed by atoms with E-state index in [1.165, 1.54) is 6.92 Å². The summed E-state index contributed by atoms with van der Waals surface area (Å²) in [6, 6.07) is 0. The van der Waals surface area contributed by atoms with E-state index in [1.54, 1.807) is 7.05 Å². The fourth-order valence-corrected chi connectivity index (χ4v) is 2.79. The summed E-state index contributed by atoms with van der Waals surface area (Å²) in [5, 5.41) is 2.46. The van der Waals surface area contributed by atoms with Crippen LogP contribution in [0, 0.1) is 5.92 Å². The first-order chi connectivity index (χ1) is 6.45. The van der Waals surface area contributed by atoms with Gasteiger partial charge in [-0.05, 0) is 13.3 Å². The molecule has 82 valence electrons. The largest absolute Gasteiger partial charge is 0.359 e. The van der Waals surface area contributed by atoms with Crippen molar-refractivity contribution < 1.29 is 13.4 Å². The summed E-state index contributed by atoms with van der Waals surface area (Å²) in [6.45, 7) is 1.54. The molecule has 1 aliphatic rings. The minimum Gasteiger partial charge on any atom is -0.359 e. The highest BCUT2D eigenvalue weighted by Gasteiger charge is 2.51. The summed E-state index contributed by atoms with van der Waals surface area (Å²) in [5.74, 6) is 0.557. The van der Waals surface area contributed by atoms with E-state index in [-0.39, 0.29) is 18.2 Å². The van der Waals surface area contributed by atoms with Gasteiger partial charge in [-0.2, -0.15) is 0 Å². The standard InChI is InChI=1S/C9H16FNO2S/c1-9(10)5-7(9)6-14(13)4-3-8(12)11-2/h7H,3-6H2,1-2H3,(H,11,12). The number of carbonyl (C=O) groups is 1. The Balaban J connectivity index is 2.15. The third-order valence-corrected chi connectivity index (χ3v) is 3.99. The van der Waals surface area contributed by atoms with E-state index in [0.717, 1.165) is 0 Å². The molecule has 0 aliphatic heterocycles. The molecule has 1 rings (SSSR count). The number of carbonyl (C=O) groups excluding carboxylic acids is 1. The zero-order chi connectivity index (χ0) is 10.8. The summed E-state index contributed by atoms with van der Waals surface area (Å²) in [6.07, 6.45) is 0.775. The average molecular weight is 221 g/mol. The van der Waals surface area contributed by atoms with E-state index in [2.05, 4.69) is 5.32 Å². The number of amides is 1.